The van der Waals surface area contributed by atoms with Gasteiger partial charge in [-0.05, 0) is 19.1 Å². The molecule has 1 aliphatic heterocycles. The molecule has 0 amide bonds. The lowest BCUT2D eigenvalue weighted by atomic mass is 10.1. The van der Waals surface area contributed by atoms with E-state index < -0.39 is 10.8 Å². The first kappa shape index (κ1) is 8.97. The fourth-order valence-corrected chi connectivity index (χ4v) is 2.84. The lowest BCUT2D eigenvalue weighted by Crippen LogP contribution is -2.41. The molecule has 3 nitrogen and oxygen atoms in total. The molecular formula is C9H13NO2S. The third kappa shape index (κ3) is 1.69. The summed E-state index contributed by atoms with van der Waals surface area (Å²) in [5.74, 6) is 1.64. The highest BCUT2D eigenvalue weighted by Crippen LogP contribution is 2.23. The Labute approximate surface area is 80.0 Å². The molecule has 1 fully saturated rings. The van der Waals surface area contributed by atoms with Crippen molar-refractivity contribution in [1.82, 2.24) is 5.32 Å². The van der Waals surface area contributed by atoms with E-state index in [0.29, 0.717) is 0 Å². The van der Waals surface area contributed by atoms with E-state index in [4.69, 9.17) is 4.42 Å². The Kier molecular flexibility index (Phi) is 2.51. The van der Waals surface area contributed by atoms with Gasteiger partial charge in [-0.2, -0.15) is 0 Å². The molecule has 0 spiro atoms. The van der Waals surface area contributed by atoms with Crippen LogP contribution in [0.25, 0.3) is 0 Å². The highest BCUT2D eigenvalue weighted by Gasteiger charge is 2.29. The van der Waals surface area contributed by atoms with Crippen LogP contribution in [0.5, 0.6) is 0 Å². The van der Waals surface area contributed by atoms with E-state index in [0.717, 1.165) is 18.1 Å². The van der Waals surface area contributed by atoms with Crippen molar-refractivity contribution in [2.24, 2.45) is 0 Å². The molecule has 0 radical (unpaired) electrons. The van der Waals surface area contributed by atoms with Gasteiger partial charge in [0.05, 0.1) is 17.6 Å². The zero-order valence-electron chi connectivity index (χ0n) is 7.53. The van der Waals surface area contributed by atoms with Gasteiger partial charge in [0.15, 0.2) is 0 Å². The number of hydrogen-bond donors (Lipinski definition) is 1. The monoisotopic (exact) mass is 199 g/mol. The molecule has 3 atom stereocenters. The molecule has 1 N–H and O–H groups in total. The van der Waals surface area contributed by atoms with Gasteiger partial charge in [0.2, 0.25) is 0 Å². The van der Waals surface area contributed by atoms with Gasteiger partial charge in [0, 0.05) is 23.1 Å². The Morgan fingerprint density at radius 1 is 1.69 bits per heavy atom. The van der Waals surface area contributed by atoms with Gasteiger partial charge in [0.1, 0.15) is 5.76 Å². The number of furan rings is 1. The molecule has 4 heteroatoms. The second-order valence-electron chi connectivity index (χ2n) is 3.24. The number of rotatable bonds is 1. The second-order valence-corrected chi connectivity index (χ2v) is 5.15. The molecule has 0 bridgehead atoms. The lowest BCUT2D eigenvalue weighted by Gasteiger charge is -2.27. The number of hydrogen-bond acceptors (Lipinski definition) is 3. The third-order valence-electron chi connectivity index (χ3n) is 2.40. The Morgan fingerprint density at radius 2 is 2.54 bits per heavy atom. The minimum atomic E-state index is -0.722. The van der Waals surface area contributed by atoms with E-state index in [1.165, 1.54) is 0 Å². The maximum absolute atomic E-state index is 11.5. The second kappa shape index (κ2) is 3.64. The Hall–Kier alpha value is -0.610. The molecular weight excluding hydrogens is 186 g/mol. The van der Waals surface area contributed by atoms with Crippen molar-refractivity contribution < 1.29 is 8.63 Å². The van der Waals surface area contributed by atoms with Gasteiger partial charge in [-0.1, -0.05) is 0 Å². The summed E-state index contributed by atoms with van der Waals surface area (Å²) >= 11 is 0. The van der Waals surface area contributed by atoms with Crippen molar-refractivity contribution in [3.05, 3.63) is 24.2 Å². The van der Waals surface area contributed by atoms with Crippen LogP contribution in [0, 0.1) is 0 Å². The van der Waals surface area contributed by atoms with Crippen molar-refractivity contribution in [2.45, 2.75) is 18.2 Å². The molecule has 72 valence electrons. The molecule has 3 unspecified atom stereocenters. The highest BCUT2D eigenvalue weighted by atomic mass is 32.2. The van der Waals surface area contributed by atoms with E-state index in [1.54, 1.807) is 6.26 Å². The van der Waals surface area contributed by atoms with E-state index in [-0.39, 0.29) is 11.3 Å². The summed E-state index contributed by atoms with van der Waals surface area (Å²) in [6.45, 7) is 2.80. The molecule has 1 aliphatic rings. The van der Waals surface area contributed by atoms with Crippen LogP contribution in [0.3, 0.4) is 0 Å². The first-order chi connectivity index (χ1) is 6.29. The smallest absolute Gasteiger partial charge is 0.121 e. The van der Waals surface area contributed by atoms with Crippen LogP contribution < -0.4 is 5.32 Å². The number of nitrogens with one attached hydrogen (secondary N) is 1. The van der Waals surface area contributed by atoms with Gasteiger partial charge in [-0.3, -0.25) is 4.21 Å². The molecule has 2 heterocycles. The summed E-state index contributed by atoms with van der Waals surface area (Å²) < 4.78 is 16.8. The van der Waals surface area contributed by atoms with E-state index in [1.807, 2.05) is 19.1 Å². The lowest BCUT2D eigenvalue weighted by molar-refractivity contribution is 0.405. The first-order valence-electron chi connectivity index (χ1n) is 4.43. The van der Waals surface area contributed by atoms with Crippen LogP contribution in [-0.4, -0.2) is 21.8 Å². The topological polar surface area (TPSA) is 42.2 Å². The average Bonchev–Trinajstić information content (AvgIpc) is 2.62. The van der Waals surface area contributed by atoms with Crippen LogP contribution in [0.4, 0.5) is 0 Å². The fraction of sp³-hybridized carbons (Fsp3) is 0.556. The van der Waals surface area contributed by atoms with E-state index >= 15 is 0 Å². The van der Waals surface area contributed by atoms with Crippen molar-refractivity contribution >= 4 is 10.8 Å². The summed E-state index contributed by atoms with van der Waals surface area (Å²) in [5.41, 5.74) is 0. The fourth-order valence-electron chi connectivity index (χ4n) is 1.62. The van der Waals surface area contributed by atoms with Gasteiger partial charge < -0.3 is 9.73 Å². The van der Waals surface area contributed by atoms with Crippen LogP contribution in [0.1, 0.15) is 18.7 Å². The van der Waals surface area contributed by atoms with Crippen LogP contribution in [0.15, 0.2) is 22.8 Å². The predicted molar refractivity (Wildman–Crippen MR) is 51.9 cm³/mol. The van der Waals surface area contributed by atoms with Crippen LogP contribution in [-0.2, 0) is 10.8 Å². The summed E-state index contributed by atoms with van der Waals surface area (Å²) in [6.07, 6.45) is 1.65. The van der Waals surface area contributed by atoms with Crippen molar-refractivity contribution in [3.8, 4) is 0 Å². The SMILES string of the molecule is CC1C(c2ccco2)NCCS1=O. The van der Waals surface area contributed by atoms with Crippen molar-refractivity contribution in [1.29, 1.82) is 0 Å². The first-order valence-corrected chi connectivity index (χ1v) is 5.81. The molecule has 13 heavy (non-hydrogen) atoms. The molecule has 1 aromatic rings. The van der Waals surface area contributed by atoms with E-state index in [2.05, 4.69) is 5.32 Å². The predicted octanol–water partition coefficient (Wildman–Crippen LogP) is 1.06. The largest absolute Gasteiger partial charge is 0.468 e. The molecule has 0 aliphatic carbocycles. The third-order valence-corrected chi connectivity index (χ3v) is 4.11. The molecule has 0 saturated carbocycles. The maximum Gasteiger partial charge on any atom is 0.121 e. The van der Waals surface area contributed by atoms with Gasteiger partial charge in [-0.25, -0.2) is 0 Å². The zero-order valence-corrected chi connectivity index (χ0v) is 8.34. The minimum absolute atomic E-state index is 0.115. The molecule has 0 aromatic carbocycles. The highest BCUT2D eigenvalue weighted by molar-refractivity contribution is 7.85. The van der Waals surface area contributed by atoms with E-state index in [9.17, 15) is 4.21 Å². The Balaban J connectivity index is 2.19. The average molecular weight is 199 g/mol. The summed E-state index contributed by atoms with van der Waals surface area (Å²) in [6, 6.07) is 3.90. The molecule has 1 saturated heterocycles. The summed E-state index contributed by atoms with van der Waals surface area (Å²) in [4.78, 5) is 0. The van der Waals surface area contributed by atoms with Gasteiger partial charge in [0.25, 0.3) is 0 Å². The van der Waals surface area contributed by atoms with Crippen LogP contribution >= 0.6 is 0 Å². The van der Waals surface area contributed by atoms with Gasteiger partial charge in [-0.15, -0.1) is 0 Å². The molecule has 2 rings (SSSR count). The van der Waals surface area contributed by atoms with Crippen molar-refractivity contribution in [3.63, 3.8) is 0 Å². The Morgan fingerprint density at radius 3 is 3.23 bits per heavy atom. The summed E-state index contributed by atoms with van der Waals surface area (Å²) in [7, 11) is -0.722. The Bertz CT molecular complexity index is 297. The zero-order chi connectivity index (χ0) is 9.26. The standard InChI is InChI=1S/C9H13NO2S/c1-7-9(8-3-2-5-12-8)10-4-6-13(7)11/h2-3,5,7,9-10H,4,6H2,1H3. The van der Waals surface area contributed by atoms with Gasteiger partial charge >= 0.3 is 0 Å². The van der Waals surface area contributed by atoms with Crippen molar-refractivity contribution in [2.75, 3.05) is 12.3 Å². The van der Waals surface area contributed by atoms with Crippen LogP contribution in [0.2, 0.25) is 0 Å². The summed E-state index contributed by atoms with van der Waals surface area (Å²) in [5, 5.41) is 3.45. The molecule has 1 aromatic heterocycles. The normalized spacial score (nSPS) is 34.7. The maximum atomic E-state index is 11.5. The quantitative estimate of drug-likeness (QED) is 0.735. The minimum Gasteiger partial charge on any atom is -0.468 e.